The van der Waals surface area contributed by atoms with Crippen molar-refractivity contribution >= 4 is 33.4 Å². The Morgan fingerprint density at radius 1 is 1.26 bits per heavy atom. The van der Waals surface area contributed by atoms with Crippen LogP contribution in [0, 0.1) is 6.92 Å². The molecule has 2 aromatic rings. The molecule has 2 rings (SSSR count). The molecule has 0 fully saturated rings. The lowest BCUT2D eigenvalue weighted by atomic mass is 10.2. The maximum atomic E-state index is 11.4. The molecule has 19 heavy (non-hydrogen) atoms. The van der Waals surface area contributed by atoms with Crippen LogP contribution in [0.15, 0.2) is 40.9 Å². The number of primary amides is 1. The highest BCUT2D eigenvalue weighted by Gasteiger charge is 2.11. The molecule has 0 aliphatic rings. The van der Waals surface area contributed by atoms with Gasteiger partial charge in [-0.1, -0.05) is 27.5 Å². The van der Waals surface area contributed by atoms with Crippen LogP contribution in [0.4, 0.5) is 0 Å². The van der Waals surface area contributed by atoms with E-state index >= 15 is 0 Å². The Bertz CT molecular complexity index is 643. The highest BCUT2D eigenvalue weighted by atomic mass is 79.9. The monoisotopic (exact) mass is 339 g/mol. The minimum absolute atomic E-state index is 0.257. The smallest absolute Gasteiger partial charge is 0.252 e. The molecule has 0 aliphatic heterocycles. The third kappa shape index (κ3) is 3.28. The van der Waals surface area contributed by atoms with Gasteiger partial charge in [-0.25, -0.2) is 0 Å². The number of nitrogens with two attached hydrogens (primary N) is 1. The van der Waals surface area contributed by atoms with E-state index < -0.39 is 5.91 Å². The van der Waals surface area contributed by atoms with Crippen molar-refractivity contribution in [2.24, 2.45) is 5.73 Å². The second kappa shape index (κ2) is 5.63. The van der Waals surface area contributed by atoms with Crippen LogP contribution in [0.25, 0.3) is 0 Å². The SMILES string of the molecule is Cc1cc(Oc2ccc(Cl)cc2C(N)=O)ccc1Br. The van der Waals surface area contributed by atoms with Crippen LogP contribution in [-0.4, -0.2) is 5.91 Å². The van der Waals surface area contributed by atoms with Crippen molar-refractivity contribution in [2.45, 2.75) is 6.92 Å². The van der Waals surface area contributed by atoms with Crippen molar-refractivity contribution in [1.82, 2.24) is 0 Å². The molecule has 2 N–H and O–H groups in total. The molecule has 0 aromatic heterocycles. The minimum atomic E-state index is -0.577. The molecule has 0 aliphatic carbocycles. The lowest BCUT2D eigenvalue weighted by molar-refractivity contribution is 0.0998. The van der Waals surface area contributed by atoms with Gasteiger partial charge in [0.1, 0.15) is 11.5 Å². The number of aryl methyl sites for hydroxylation is 1. The Morgan fingerprint density at radius 3 is 2.63 bits per heavy atom. The van der Waals surface area contributed by atoms with Gasteiger partial charge in [-0.2, -0.15) is 0 Å². The van der Waals surface area contributed by atoms with Gasteiger partial charge < -0.3 is 10.5 Å². The van der Waals surface area contributed by atoms with E-state index in [0.717, 1.165) is 10.0 Å². The van der Waals surface area contributed by atoms with Crippen molar-refractivity contribution in [3.05, 3.63) is 57.0 Å². The molecule has 0 saturated heterocycles. The molecule has 0 spiro atoms. The summed E-state index contributed by atoms with van der Waals surface area (Å²) in [5, 5.41) is 0.438. The highest BCUT2D eigenvalue weighted by Crippen LogP contribution is 2.29. The normalized spacial score (nSPS) is 10.3. The van der Waals surface area contributed by atoms with Gasteiger partial charge in [0, 0.05) is 9.50 Å². The van der Waals surface area contributed by atoms with E-state index in [9.17, 15) is 4.79 Å². The van der Waals surface area contributed by atoms with Gasteiger partial charge in [-0.3, -0.25) is 4.79 Å². The number of carbonyl (C=O) groups is 1. The molecule has 0 saturated carbocycles. The van der Waals surface area contributed by atoms with Gasteiger partial charge in [0.05, 0.1) is 5.56 Å². The zero-order valence-electron chi connectivity index (χ0n) is 10.1. The highest BCUT2D eigenvalue weighted by molar-refractivity contribution is 9.10. The van der Waals surface area contributed by atoms with E-state index in [4.69, 9.17) is 22.1 Å². The summed E-state index contributed by atoms with van der Waals surface area (Å²) in [7, 11) is 0. The number of rotatable bonds is 3. The first kappa shape index (κ1) is 13.9. The van der Waals surface area contributed by atoms with E-state index in [2.05, 4.69) is 15.9 Å². The van der Waals surface area contributed by atoms with Crippen molar-refractivity contribution in [2.75, 3.05) is 0 Å². The average molecular weight is 341 g/mol. The molecule has 98 valence electrons. The summed E-state index contributed by atoms with van der Waals surface area (Å²) in [4.78, 5) is 11.4. The molecule has 3 nitrogen and oxygen atoms in total. The molecule has 2 aromatic carbocycles. The zero-order valence-corrected chi connectivity index (χ0v) is 12.5. The molecule has 0 bridgehead atoms. The van der Waals surface area contributed by atoms with Crippen molar-refractivity contribution in [1.29, 1.82) is 0 Å². The molecular weight excluding hydrogens is 330 g/mol. The van der Waals surface area contributed by atoms with E-state index in [1.807, 2.05) is 19.1 Å². The average Bonchev–Trinajstić information content (AvgIpc) is 2.36. The van der Waals surface area contributed by atoms with Crippen molar-refractivity contribution in [3.63, 3.8) is 0 Å². The number of hydrogen-bond acceptors (Lipinski definition) is 2. The number of carbonyl (C=O) groups excluding carboxylic acids is 1. The molecule has 5 heteroatoms. The standard InChI is InChI=1S/C14H11BrClNO2/c1-8-6-10(3-4-12(8)15)19-13-5-2-9(16)7-11(13)14(17)18/h2-7H,1H3,(H2,17,18). The Morgan fingerprint density at radius 2 is 2.00 bits per heavy atom. The van der Waals surface area contributed by atoms with Crippen molar-refractivity contribution < 1.29 is 9.53 Å². The third-order valence-electron chi connectivity index (χ3n) is 2.56. The number of benzene rings is 2. The first-order valence-electron chi connectivity index (χ1n) is 5.51. The summed E-state index contributed by atoms with van der Waals surface area (Å²) in [5.41, 5.74) is 6.60. The predicted octanol–water partition coefficient (Wildman–Crippen LogP) is 4.30. The van der Waals surface area contributed by atoms with Crippen LogP contribution in [0.2, 0.25) is 5.02 Å². The Hall–Kier alpha value is -1.52. The lowest BCUT2D eigenvalue weighted by Crippen LogP contribution is -2.12. The molecule has 0 radical (unpaired) electrons. The van der Waals surface area contributed by atoms with Crippen molar-refractivity contribution in [3.8, 4) is 11.5 Å². The Balaban J connectivity index is 2.37. The second-order valence-corrected chi connectivity index (χ2v) is 5.31. The summed E-state index contributed by atoms with van der Waals surface area (Å²) in [6.45, 7) is 1.95. The van der Waals surface area contributed by atoms with E-state index in [-0.39, 0.29) is 5.56 Å². The number of amides is 1. The van der Waals surface area contributed by atoms with E-state index in [1.54, 1.807) is 18.2 Å². The molecule has 1 amide bonds. The van der Waals surface area contributed by atoms with Gasteiger partial charge in [0.15, 0.2) is 0 Å². The molecule has 0 heterocycles. The van der Waals surface area contributed by atoms with Crippen LogP contribution >= 0.6 is 27.5 Å². The van der Waals surface area contributed by atoms with Gasteiger partial charge in [-0.05, 0) is 48.9 Å². The first-order chi connectivity index (χ1) is 8.97. The topological polar surface area (TPSA) is 52.3 Å². The number of halogens is 2. The lowest BCUT2D eigenvalue weighted by Gasteiger charge is -2.10. The predicted molar refractivity (Wildman–Crippen MR) is 78.9 cm³/mol. The Labute approximate surface area is 124 Å². The van der Waals surface area contributed by atoms with Gasteiger partial charge in [-0.15, -0.1) is 0 Å². The quantitative estimate of drug-likeness (QED) is 0.905. The summed E-state index contributed by atoms with van der Waals surface area (Å²) in [6, 6.07) is 10.3. The summed E-state index contributed by atoms with van der Waals surface area (Å²) in [5.74, 6) is 0.440. The maximum Gasteiger partial charge on any atom is 0.252 e. The van der Waals surface area contributed by atoms with Crippen LogP contribution in [0.5, 0.6) is 11.5 Å². The second-order valence-electron chi connectivity index (χ2n) is 4.02. The van der Waals surface area contributed by atoms with Crippen LogP contribution in [0.1, 0.15) is 15.9 Å². The minimum Gasteiger partial charge on any atom is -0.457 e. The number of ether oxygens (including phenoxy) is 1. The van der Waals surface area contributed by atoms with Crippen LogP contribution < -0.4 is 10.5 Å². The van der Waals surface area contributed by atoms with E-state index in [1.165, 1.54) is 6.07 Å². The molecular formula is C14H11BrClNO2. The molecule has 0 unspecified atom stereocenters. The summed E-state index contributed by atoms with van der Waals surface area (Å²) in [6.07, 6.45) is 0. The summed E-state index contributed by atoms with van der Waals surface area (Å²) < 4.78 is 6.67. The van der Waals surface area contributed by atoms with E-state index in [0.29, 0.717) is 16.5 Å². The number of hydrogen-bond donors (Lipinski definition) is 1. The fraction of sp³-hybridized carbons (Fsp3) is 0.0714. The zero-order chi connectivity index (χ0) is 14.0. The first-order valence-corrected chi connectivity index (χ1v) is 6.68. The van der Waals surface area contributed by atoms with Crippen LogP contribution in [0.3, 0.4) is 0 Å². The Kier molecular flexibility index (Phi) is 4.12. The molecule has 0 atom stereocenters. The van der Waals surface area contributed by atoms with Gasteiger partial charge in [0.25, 0.3) is 5.91 Å². The maximum absolute atomic E-state index is 11.4. The summed E-state index contributed by atoms with van der Waals surface area (Å²) >= 11 is 9.26. The van der Waals surface area contributed by atoms with Crippen LogP contribution in [-0.2, 0) is 0 Å². The fourth-order valence-corrected chi connectivity index (χ4v) is 2.01. The van der Waals surface area contributed by atoms with Gasteiger partial charge >= 0.3 is 0 Å². The third-order valence-corrected chi connectivity index (χ3v) is 3.69. The largest absolute Gasteiger partial charge is 0.457 e. The fourth-order valence-electron chi connectivity index (χ4n) is 1.59. The van der Waals surface area contributed by atoms with Gasteiger partial charge in [0.2, 0.25) is 0 Å².